The summed E-state index contributed by atoms with van der Waals surface area (Å²) in [4.78, 5) is 0. The first-order valence-corrected chi connectivity index (χ1v) is 10.2. The first-order chi connectivity index (χ1) is 13.6. The first-order valence-electron chi connectivity index (χ1n) is 10.2. The molecule has 0 aromatic heterocycles. The molecule has 2 aliphatic rings. The molecule has 1 saturated carbocycles. The lowest BCUT2D eigenvalue weighted by atomic mass is 9.86. The largest absolute Gasteiger partial charge is 0.394 e. The molecule has 0 radical (unpaired) electrons. The van der Waals surface area contributed by atoms with Crippen LogP contribution in [0.2, 0.25) is 0 Å². The Labute approximate surface area is 165 Å². The number of aliphatic hydroxyl groups is 4. The van der Waals surface area contributed by atoms with Gasteiger partial charge in [0.05, 0.1) is 13.2 Å². The molecule has 28 heavy (non-hydrogen) atoms. The van der Waals surface area contributed by atoms with E-state index in [-0.39, 0.29) is 0 Å². The van der Waals surface area contributed by atoms with Crippen molar-refractivity contribution in [3.05, 3.63) is 35.9 Å². The van der Waals surface area contributed by atoms with Crippen molar-refractivity contribution in [2.24, 2.45) is 5.92 Å². The summed E-state index contributed by atoms with van der Waals surface area (Å²) in [7, 11) is 0. The van der Waals surface area contributed by atoms with Crippen LogP contribution in [-0.4, -0.2) is 70.6 Å². The Morgan fingerprint density at radius 3 is 2.43 bits per heavy atom. The molecular weight excluding hydrogens is 364 g/mol. The molecule has 1 aromatic carbocycles. The van der Waals surface area contributed by atoms with E-state index in [9.17, 15) is 20.4 Å². The predicted molar refractivity (Wildman–Crippen MR) is 101 cm³/mol. The smallest absolute Gasteiger partial charge is 0.189 e. The summed E-state index contributed by atoms with van der Waals surface area (Å²) in [5.74, 6) is 0.537. The van der Waals surface area contributed by atoms with Crippen LogP contribution in [0.15, 0.2) is 30.3 Å². The van der Waals surface area contributed by atoms with Crippen LogP contribution in [0.25, 0.3) is 0 Å². The summed E-state index contributed by atoms with van der Waals surface area (Å²) in [6.45, 7) is 0.111. The number of rotatable bonds is 10. The van der Waals surface area contributed by atoms with Gasteiger partial charge in [0, 0.05) is 0 Å². The molecule has 0 bridgehead atoms. The molecule has 7 nitrogen and oxygen atoms in total. The minimum absolute atomic E-state index is 0.480. The first kappa shape index (κ1) is 21.6. The van der Waals surface area contributed by atoms with Crippen molar-refractivity contribution in [1.82, 2.24) is 0 Å². The minimum atomic E-state index is -1.45. The quantitative estimate of drug-likeness (QED) is 0.436. The van der Waals surface area contributed by atoms with E-state index in [1.165, 1.54) is 12.0 Å². The lowest BCUT2D eigenvalue weighted by Crippen LogP contribution is -2.59. The summed E-state index contributed by atoms with van der Waals surface area (Å²) in [6.07, 6.45) is -1.17. The van der Waals surface area contributed by atoms with Crippen LogP contribution < -0.4 is 0 Å². The maximum atomic E-state index is 10.2. The van der Waals surface area contributed by atoms with Gasteiger partial charge in [-0.25, -0.2) is 0 Å². The van der Waals surface area contributed by atoms with Gasteiger partial charge in [-0.15, -0.1) is 0 Å². The van der Waals surface area contributed by atoms with Crippen molar-refractivity contribution in [1.29, 1.82) is 0 Å². The molecule has 1 aliphatic carbocycles. The topological polar surface area (TPSA) is 109 Å². The Kier molecular flexibility index (Phi) is 8.23. The van der Waals surface area contributed by atoms with E-state index in [4.69, 9.17) is 14.2 Å². The van der Waals surface area contributed by atoms with Crippen LogP contribution in [0.4, 0.5) is 0 Å². The number of hydrogen-bond acceptors (Lipinski definition) is 7. The van der Waals surface area contributed by atoms with Gasteiger partial charge in [-0.1, -0.05) is 36.8 Å². The van der Waals surface area contributed by atoms with Crippen molar-refractivity contribution < 1.29 is 34.6 Å². The van der Waals surface area contributed by atoms with E-state index >= 15 is 0 Å². The summed E-state index contributed by atoms with van der Waals surface area (Å²) in [5.41, 5.74) is 1.23. The van der Waals surface area contributed by atoms with Crippen molar-refractivity contribution in [3.8, 4) is 0 Å². The van der Waals surface area contributed by atoms with Crippen LogP contribution in [0.1, 0.15) is 37.7 Å². The molecule has 3 rings (SSSR count). The SMILES string of the molecule is OC[C@H]1O[C@@H](OC(CCCc2ccccc2)OCC2CCC2)[C@H](O)[C@@H](O)[C@@H]1O. The molecule has 0 amide bonds. The number of ether oxygens (including phenoxy) is 3. The van der Waals surface area contributed by atoms with E-state index in [2.05, 4.69) is 12.1 Å². The van der Waals surface area contributed by atoms with Crippen molar-refractivity contribution >= 4 is 0 Å². The summed E-state index contributed by atoms with van der Waals surface area (Å²) >= 11 is 0. The minimum Gasteiger partial charge on any atom is -0.394 e. The standard InChI is InChI=1S/C21H32O7/c22-12-16-18(23)19(24)20(25)21(27-16)28-17(26-13-15-9-4-10-15)11-5-8-14-6-2-1-3-7-14/h1-3,6-7,15-25H,4-5,8-13H2/t16-,17?,18-,19+,20-,21+/m1/s1. The van der Waals surface area contributed by atoms with E-state index < -0.39 is 43.6 Å². The van der Waals surface area contributed by atoms with Crippen LogP contribution in [0.3, 0.4) is 0 Å². The molecule has 2 fully saturated rings. The second-order valence-electron chi connectivity index (χ2n) is 7.77. The molecule has 4 N–H and O–H groups in total. The highest BCUT2D eigenvalue weighted by atomic mass is 16.8. The van der Waals surface area contributed by atoms with Crippen LogP contribution in [0, 0.1) is 5.92 Å². The Bertz CT molecular complexity index is 563. The zero-order chi connectivity index (χ0) is 19.9. The molecule has 1 aromatic rings. The summed E-state index contributed by atoms with van der Waals surface area (Å²) in [6, 6.07) is 10.1. The zero-order valence-corrected chi connectivity index (χ0v) is 16.1. The van der Waals surface area contributed by atoms with Crippen LogP contribution >= 0.6 is 0 Å². The summed E-state index contributed by atoms with van der Waals surface area (Å²) < 4.78 is 17.2. The molecular formula is C21H32O7. The number of aliphatic hydroxyl groups excluding tert-OH is 4. The molecule has 1 aliphatic heterocycles. The normalized spacial score (nSPS) is 32.1. The van der Waals surface area contributed by atoms with Gasteiger partial charge in [0.25, 0.3) is 0 Å². The van der Waals surface area contributed by atoms with Gasteiger partial charge in [-0.3, -0.25) is 0 Å². The Balaban J connectivity index is 1.55. The Morgan fingerprint density at radius 2 is 1.79 bits per heavy atom. The third-order valence-electron chi connectivity index (χ3n) is 5.63. The molecule has 0 spiro atoms. The van der Waals surface area contributed by atoms with Crippen LogP contribution in [-0.2, 0) is 20.6 Å². The fraction of sp³-hybridized carbons (Fsp3) is 0.714. The lowest BCUT2D eigenvalue weighted by molar-refractivity contribution is -0.339. The van der Waals surface area contributed by atoms with Gasteiger partial charge in [0.2, 0.25) is 0 Å². The van der Waals surface area contributed by atoms with Gasteiger partial charge in [-0.05, 0) is 43.6 Å². The van der Waals surface area contributed by atoms with Crippen molar-refractivity contribution in [2.45, 2.75) is 75.5 Å². The third kappa shape index (κ3) is 5.73. The highest BCUT2D eigenvalue weighted by Crippen LogP contribution is 2.28. The van der Waals surface area contributed by atoms with Gasteiger partial charge in [0.1, 0.15) is 24.4 Å². The highest BCUT2D eigenvalue weighted by Gasteiger charge is 2.45. The average Bonchev–Trinajstić information content (AvgIpc) is 2.67. The van der Waals surface area contributed by atoms with E-state index in [0.717, 1.165) is 25.7 Å². The maximum Gasteiger partial charge on any atom is 0.189 e. The fourth-order valence-corrected chi connectivity index (χ4v) is 3.54. The van der Waals surface area contributed by atoms with E-state index in [1.54, 1.807) is 0 Å². The molecule has 1 unspecified atom stereocenters. The zero-order valence-electron chi connectivity index (χ0n) is 16.1. The second-order valence-corrected chi connectivity index (χ2v) is 7.77. The number of hydrogen-bond donors (Lipinski definition) is 4. The van der Waals surface area contributed by atoms with E-state index in [0.29, 0.717) is 18.9 Å². The monoisotopic (exact) mass is 396 g/mol. The Morgan fingerprint density at radius 1 is 1.04 bits per heavy atom. The molecule has 1 heterocycles. The van der Waals surface area contributed by atoms with E-state index in [1.807, 2.05) is 18.2 Å². The number of aryl methyl sites for hydroxylation is 1. The highest BCUT2D eigenvalue weighted by molar-refractivity contribution is 5.14. The predicted octanol–water partition coefficient (Wildman–Crippen LogP) is 0.969. The fourth-order valence-electron chi connectivity index (χ4n) is 3.54. The third-order valence-corrected chi connectivity index (χ3v) is 5.63. The molecule has 1 saturated heterocycles. The van der Waals surface area contributed by atoms with Crippen LogP contribution in [0.5, 0.6) is 0 Å². The van der Waals surface area contributed by atoms with Gasteiger partial charge in [0.15, 0.2) is 12.6 Å². The lowest BCUT2D eigenvalue weighted by Gasteiger charge is -2.41. The van der Waals surface area contributed by atoms with Crippen molar-refractivity contribution in [3.63, 3.8) is 0 Å². The average molecular weight is 396 g/mol. The Hall–Kier alpha value is -1.06. The van der Waals surface area contributed by atoms with Gasteiger partial charge in [-0.2, -0.15) is 0 Å². The van der Waals surface area contributed by atoms with Crippen molar-refractivity contribution in [2.75, 3.05) is 13.2 Å². The molecule has 158 valence electrons. The maximum absolute atomic E-state index is 10.2. The second kappa shape index (κ2) is 10.6. The van der Waals surface area contributed by atoms with Gasteiger partial charge >= 0.3 is 0 Å². The van der Waals surface area contributed by atoms with Gasteiger partial charge < -0.3 is 34.6 Å². The molecule has 6 atom stereocenters. The number of benzene rings is 1. The summed E-state index contributed by atoms with van der Waals surface area (Å²) in [5, 5.41) is 39.4. The molecule has 7 heteroatoms.